The van der Waals surface area contributed by atoms with Crippen molar-refractivity contribution >= 4 is 5.91 Å². The number of nitrogens with zero attached hydrogens (tertiary/aromatic N) is 1. The number of benzene rings is 2. The Balaban J connectivity index is 1.49. The number of amides is 1. The van der Waals surface area contributed by atoms with Gasteiger partial charge in [0, 0.05) is 26.0 Å². The molecule has 2 aromatic carbocycles. The van der Waals surface area contributed by atoms with E-state index in [1.54, 1.807) is 18.2 Å². The monoisotopic (exact) mass is 396 g/mol. The molecule has 0 unspecified atom stereocenters. The van der Waals surface area contributed by atoms with E-state index in [1.165, 1.54) is 12.3 Å². The molecule has 1 aromatic heterocycles. The van der Waals surface area contributed by atoms with Crippen LogP contribution in [0.3, 0.4) is 0 Å². The van der Waals surface area contributed by atoms with Crippen molar-refractivity contribution in [3.05, 3.63) is 77.6 Å². The van der Waals surface area contributed by atoms with Crippen LogP contribution in [0, 0.1) is 5.82 Å². The second-order valence-corrected chi connectivity index (χ2v) is 6.70. The van der Waals surface area contributed by atoms with Crippen molar-refractivity contribution in [1.29, 1.82) is 0 Å². The summed E-state index contributed by atoms with van der Waals surface area (Å²) in [5, 5.41) is 2.92. The summed E-state index contributed by atoms with van der Waals surface area (Å²) in [6.07, 6.45) is 3.05. The summed E-state index contributed by atoms with van der Waals surface area (Å²) in [6, 6.07) is 14.3. The zero-order chi connectivity index (χ0) is 20.5. The highest BCUT2D eigenvalue weighted by Gasteiger charge is 2.12. The molecule has 0 aliphatic carbocycles. The highest BCUT2D eigenvalue weighted by molar-refractivity contribution is 5.76. The lowest BCUT2D eigenvalue weighted by molar-refractivity contribution is -0.121. The Labute approximate surface area is 169 Å². The molecule has 0 saturated carbocycles. The highest BCUT2D eigenvalue weighted by Crippen LogP contribution is 2.23. The third kappa shape index (κ3) is 5.99. The maximum atomic E-state index is 13.8. The smallest absolute Gasteiger partial charge is 0.220 e. The highest BCUT2D eigenvalue weighted by atomic mass is 19.1. The number of hydrogen-bond acceptors (Lipinski definition) is 4. The van der Waals surface area contributed by atoms with Crippen molar-refractivity contribution < 1.29 is 18.3 Å². The van der Waals surface area contributed by atoms with Gasteiger partial charge in [0.25, 0.3) is 0 Å². The normalized spacial score (nSPS) is 10.8. The van der Waals surface area contributed by atoms with Gasteiger partial charge in [0.05, 0.1) is 18.4 Å². The van der Waals surface area contributed by atoms with E-state index in [0.717, 1.165) is 17.5 Å². The molecule has 3 aromatic rings. The number of ether oxygens (including phenoxy) is 1. The van der Waals surface area contributed by atoms with Crippen LogP contribution in [0.5, 0.6) is 0 Å². The largest absolute Gasteiger partial charge is 0.441 e. The number of aromatic nitrogens is 1. The van der Waals surface area contributed by atoms with Crippen LogP contribution in [-0.2, 0) is 29.1 Å². The Bertz CT molecular complexity index is 939. The average Bonchev–Trinajstić information content (AvgIpc) is 3.21. The van der Waals surface area contributed by atoms with Gasteiger partial charge in [0.1, 0.15) is 5.82 Å². The van der Waals surface area contributed by atoms with Crippen LogP contribution in [-0.4, -0.2) is 17.5 Å². The minimum atomic E-state index is -0.366. The van der Waals surface area contributed by atoms with Crippen LogP contribution >= 0.6 is 0 Å². The van der Waals surface area contributed by atoms with Crippen LogP contribution in [0.25, 0.3) is 11.3 Å². The summed E-state index contributed by atoms with van der Waals surface area (Å²) in [7, 11) is 0. The molecule has 0 fully saturated rings. The molecule has 0 atom stereocenters. The van der Waals surface area contributed by atoms with E-state index in [9.17, 15) is 9.18 Å². The predicted octanol–water partition coefficient (Wildman–Crippen LogP) is 4.66. The Kier molecular flexibility index (Phi) is 7.53. The van der Waals surface area contributed by atoms with Crippen molar-refractivity contribution in [2.24, 2.45) is 0 Å². The molecule has 152 valence electrons. The minimum absolute atomic E-state index is 0.0973. The summed E-state index contributed by atoms with van der Waals surface area (Å²) in [5.41, 5.74) is 2.47. The van der Waals surface area contributed by atoms with Crippen molar-refractivity contribution in [2.75, 3.05) is 6.61 Å². The molecule has 0 aliphatic rings. The van der Waals surface area contributed by atoms with Gasteiger partial charge in [-0.3, -0.25) is 4.79 Å². The topological polar surface area (TPSA) is 64.4 Å². The second-order valence-electron chi connectivity index (χ2n) is 6.70. The molecule has 1 heterocycles. The van der Waals surface area contributed by atoms with Crippen molar-refractivity contribution in [2.45, 2.75) is 39.3 Å². The van der Waals surface area contributed by atoms with Gasteiger partial charge >= 0.3 is 0 Å². The maximum absolute atomic E-state index is 13.8. The number of halogens is 1. The lowest BCUT2D eigenvalue weighted by atomic mass is 10.1. The fourth-order valence-electron chi connectivity index (χ4n) is 2.91. The van der Waals surface area contributed by atoms with Crippen LogP contribution in [0.2, 0.25) is 0 Å². The lowest BCUT2D eigenvalue weighted by Crippen LogP contribution is -2.23. The molecule has 0 spiro atoms. The number of nitrogens with one attached hydrogen (secondary N) is 1. The SMILES string of the molecule is CCCOCc1ccccc1CNC(=O)CCc1ncc(-c2ccccc2F)o1. The zero-order valence-corrected chi connectivity index (χ0v) is 16.5. The van der Waals surface area contributed by atoms with Gasteiger partial charge in [-0.1, -0.05) is 43.3 Å². The second kappa shape index (κ2) is 10.5. The Morgan fingerprint density at radius 2 is 1.90 bits per heavy atom. The Morgan fingerprint density at radius 3 is 2.69 bits per heavy atom. The van der Waals surface area contributed by atoms with E-state index in [0.29, 0.717) is 43.4 Å². The molecule has 0 aliphatic heterocycles. The Hall–Kier alpha value is -2.99. The van der Waals surface area contributed by atoms with Gasteiger partial charge in [-0.25, -0.2) is 9.37 Å². The first-order valence-electron chi connectivity index (χ1n) is 9.78. The molecule has 0 radical (unpaired) electrons. The number of carbonyl (C=O) groups excluding carboxylic acids is 1. The van der Waals surface area contributed by atoms with Crippen LogP contribution in [0.1, 0.15) is 36.8 Å². The first kappa shape index (κ1) is 20.7. The summed E-state index contributed by atoms with van der Waals surface area (Å²) < 4.78 is 25.0. The molecule has 5 nitrogen and oxygen atoms in total. The molecule has 1 N–H and O–H groups in total. The first-order valence-corrected chi connectivity index (χ1v) is 9.78. The third-order valence-electron chi connectivity index (χ3n) is 4.46. The van der Waals surface area contributed by atoms with E-state index >= 15 is 0 Å². The number of rotatable bonds is 10. The summed E-state index contributed by atoms with van der Waals surface area (Å²) in [6.45, 7) is 3.76. The summed E-state index contributed by atoms with van der Waals surface area (Å²) in [4.78, 5) is 16.4. The minimum Gasteiger partial charge on any atom is -0.441 e. The molecule has 0 bridgehead atoms. The van der Waals surface area contributed by atoms with E-state index in [1.807, 2.05) is 24.3 Å². The predicted molar refractivity (Wildman–Crippen MR) is 108 cm³/mol. The fraction of sp³-hybridized carbons (Fsp3) is 0.304. The van der Waals surface area contributed by atoms with Gasteiger partial charge in [0.2, 0.25) is 5.91 Å². The quantitative estimate of drug-likeness (QED) is 0.507. The molecule has 6 heteroatoms. The molecule has 1 amide bonds. The van der Waals surface area contributed by atoms with Crippen molar-refractivity contribution in [3.63, 3.8) is 0 Å². The van der Waals surface area contributed by atoms with Crippen LogP contribution in [0.15, 0.2) is 59.1 Å². The van der Waals surface area contributed by atoms with Crippen LogP contribution in [0.4, 0.5) is 4.39 Å². The number of aryl methyl sites for hydroxylation is 1. The van der Waals surface area contributed by atoms with E-state index < -0.39 is 0 Å². The number of hydrogen-bond donors (Lipinski definition) is 1. The zero-order valence-electron chi connectivity index (χ0n) is 16.5. The number of carbonyl (C=O) groups is 1. The molecular formula is C23H25FN2O3. The van der Waals surface area contributed by atoms with Gasteiger partial charge in [-0.2, -0.15) is 0 Å². The van der Waals surface area contributed by atoms with Gasteiger partial charge in [0.15, 0.2) is 11.7 Å². The third-order valence-corrected chi connectivity index (χ3v) is 4.46. The van der Waals surface area contributed by atoms with Crippen molar-refractivity contribution in [1.82, 2.24) is 10.3 Å². The standard InChI is InChI=1S/C23H25FN2O3/c1-2-13-28-16-18-8-4-3-7-17(18)14-25-22(27)11-12-23-26-15-21(29-23)19-9-5-6-10-20(19)24/h3-10,15H,2,11-14,16H2,1H3,(H,25,27). The fourth-order valence-corrected chi connectivity index (χ4v) is 2.91. The van der Waals surface area contributed by atoms with Crippen LogP contribution < -0.4 is 5.32 Å². The summed E-state index contributed by atoms with van der Waals surface area (Å²) >= 11 is 0. The van der Waals surface area contributed by atoms with E-state index in [2.05, 4.69) is 17.2 Å². The summed E-state index contributed by atoms with van der Waals surface area (Å²) in [5.74, 6) is 0.306. The van der Waals surface area contributed by atoms with Crippen molar-refractivity contribution in [3.8, 4) is 11.3 Å². The van der Waals surface area contributed by atoms with E-state index in [-0.39, 0.29) is 18.1 Å². The molecule has 29 heavy (non-hydrogen) atoms. The van der Waals surface area contributed by atoms with Gasteiger partial charge in [-0.15, -0.1) is 0 Å². The maximum Gasteiger partial charge on any atom is 0.220 e. The first-order chi connectivity index (χ1) is 14.2. The average molecular weight is 396 g/mol. The Morgan fingerprint density at radius 1 is 1.14 bits per heavy atom. The lowest BCUT2D eigenvalue weighted by Gasteiger charge is -2.11. The van der Waals surface area contributed by atoms with Gasteiger partial charge in [-0.05, 0) is 29.7 Å². The molecular weight excluding hydrogens is 371 g/mol. The van der Waals surface area contributed by atoms with E-state index in [4.69, 9.17) is 9.15 Å². The van der Waals surface area contributed by atoms with Gasteiger partial charge < -0.3 is 14.5 Å². The molecule has 0 saturated heterocycles. The molecule has 3 rings (SSSR count). The number of oxazole rings is 1.